The first-order chi connectivity index (χ1) is 14.4. The Kier molecular flexibility index (Phi) is 4.74. The van der Waals surface area contributed by atoms with Gasteiger partial charge < -0.3 is 9.42 Å². The first kappa shape index (κ1) is 19.4. The maximum Gasteiger partial charge on any atom is 0.220 e. The minimum absolute atomic E-state index is 0.128. The molecule has 0 aliphatic carbocycles. The van der Waals surface area contributed by atoms with Crippen LogP contribution in [-0.4, -0.2) is 54.0 Å². The molecular weight excluding hydrogens is 402 g/mol. The zero-order chi connectivity index (χ0) is 20.9. The summed E-state index contributed by atoms with van der Waals surface area (Å²) in [4.78, 5) is 11.0. The fraction of sp³-hybridized carbons (Fsp3) is 0.476. The molecule has 0 bridgehead atoms. The molecule has 8 nitrogen and oxygen atoms in total. The quantitative estimate of drug-likeness (QED) is 0.618. The number of rotatable bonds is 5. The highest BCUT2D eigenvalue weighted by molar-refractivity contribution is 7.88. The predicted molar refractivity (Wildman–Crippen MR) is 114 cm³/mol. The van der Waals surface area contributed by atoms with Gasteiger partial charge >= 0.3 is 0 Å². The van der Waals surface area contributed by atoms with Crippen LogP contribution in [-0.2, 0) is 15.8 Å². The Bertz CT molecular complexity index is 1160. The smallest absolute Gasteiger partial charge is 0.220 e. The Morgan fingerprint density at radius 2 is 1.83 bits per heavy atom. The molecule has 2 aromatic heterocycles. The van der Waals surface area contributed by atoms with Gasteiger partial charge in [-0.15, -0.1) is 0 Å². The first-order valence-electron chi connectivity index (χ1n) is 10.3. The van der Waals surface area contributed by atoms with Gasteiger partial charge in [0, 0.05) is 43.3 Å². The van der Waals surface area contributed by atoms with E-state index in [2.05, 4.69) is 39.9 Å². The van der Waals surface area contributed by atoms with E-state index in [-0.39, 0.29) is 5.75 Å². The summed E-state index contributed by atoms with van der Waals surface area (Å²) >= 11 is 0. The van der Waals surface area contributed by atoms with Gasteiger partial charge in [-0.1, -0.05) is 31.1 Å². The van der Waals surface area contributed by atoms with Gasteiger partial charge in [-0.3, -0.25) is 0 Å². The Morgan fingerprint density at radius 3 is 2.57 bits per heavy atom. The number of hydrogen-bond acceptors (Lipinski definition) is 7. The normalized spacial score (nSPS) is 22.3. The number of sulfonamides is 1. The third-order valence-electron chi connectivity index (χ3n) is 6.21. The van der Waals surface area contributed by atoms with Crippen LogP contribution in [0.3, 0.4) is 0 Å². The fourth-order valence-electron chi connectivity index (χ4n) is 4.52. The third-order valence-corrected chi connectivity index (χ3v) is 7.93. The molecule has 5 rings (SSSR count). The second kappa shape index (κ2) is 7.31. The van der Waals surface area contributed by atoms with E-state index in [0.717, 1.165) is 30.0 Å². The van der Waals surface area contributed by atoms with Crippen molar-refractivity contribution in [3.8, 4) is 0 Å². The van der Waals surface area contributed by atoms with Crippen molar-refractivity contribution in [2.75, 3.05) is 31.1 Å². The summed E-state index contributed by atoms with van der Waals surface area (Å²) in [5, 5.41) is 4.76. The SMILES string of the molecule is CC(C)c1cc(N2CC3CN(S(=O)(=O)Cc4noc5ccccc45)CC3C2)ncn1. The zero-order valence-electron chi connectivity index (χ0n) is 17.1. The number of hydrogen-bond donors (Lipinski definition) is 0. The fourth-order valence-corrected chi connectivity index (χ4v) is 6.09. The van der Waals surface area contributed by atoms with E-state index >= 15 is 0 Å². The monoisotopic (exact) mass is 427 g/mol. The molecule has 9 heteroatoms. The van der Waals surface area contributed by atoms with Crippen LogP contribution < -0.4 is 4.90 Å². The van der Waals surface area contributed by atoms with E-state index in [1.807, 2.05) is 18.2 Å². The van der Waals surface area contributed by atoms with E-state index in [1.165, 1.54) is 0 Å². The van der Waals surface area contributed by atoms with Gasteiger partial charge in [-0.05, 0) is 29.9 Å². The van der Waals surface area contributed by atoms with Crippen molar-refractivity contribution in [2.45, 2.75) is 25.5 Å². The average Bonchev–Trinajstić information content (AvgIpc) is 3.42. The highest BCUT2D eigenvalue weighted by Gasteiger charge is 2.44. The molecule has 0 saturated carbocycles. The van der Waals surface area contributed by atoms with Crippen molar-refractivity contribution >= 4 is 26.8 Å². The van der Waals surface area contributed by atoms with Crippen LogP contribution in [0.25, 0.3) is 11.0 Å². The molecule has 30 heavy (non-hydrogen) atoms. The molecule has 2 fully saturated rings. The van der Waals surface area contributed by atoms with Gasteiger partial charge in [0.25, 0.3) is 0 Å². The maximum absolute atomic E-state index is 13.1. The lowest BCUT2D eigenvalue weighted by molar-refractivity contribution is 0.438. The summed E-state index contributed by atoms with van der Waals surface area (Å²) in [6.07, 6.45) is 1.62. The second-order valence-electron chi connectivity index (χ2n) is 8.58. The summed E-state index contributed by atoms with van der Waals surface area (Å²) in [5.74, 6) is 1.78. The van der Waals surface area contributed by atoms with Gasteiger partial charge in [0.1, 0.15) is 23.6 Å². The Balaban J connectivity index is 1.27. The minimum atomic E-state index is -3.45. The van der Waals surface area contributed by atoms with Crippen LogP contribution in [0, 0.1) is 11.8 Å². The van der Waals surface area contributed by atoms with Gasteiger partial charge in [-0.2, -0.15) is 0 Å². The van der Waals surface area contributed by atoms with E-state index in [9.17, 15) is 8.42 Å². The number of anilines is 1. The molecule has 2 aliphatic rings. The van der Waals surface area contributed by atoms with Crippen molar-refractivity contribution in [3.63, 3.8) is 0 Å². The number of benzene rings is 1. The van der Waals surface area contributed by atoms with Crippen LogP contribution in [0.1, 0.15) is 31.2 Å². The number of fused-ring (bicyclic) bond motifs is 2. The Morgan fingerprint density at radius 1 is 1.10 bits per heavy atom. The zero-order valence-corrected chi connectivity index (χ0v) is 17.9. The molecule has 3 aromatic rings. The van der Waals surface area contributed by atoms with Crippen molar-refractivity contribution in [1.82, 2.24) is 19.4 Å². The van der Waals surface area contributed by atoms with Crippen LogP contribution >= 0.6 is 0 Å². The molecule has 2 atom stereocenters. The van der Waals surface area contributed by atoms with Crippen LogP contribution in [0.4, 0.5) is 5.82 Å². The summed E-state index contributed by atoms with van der Waals surface area (Å²) in [7, 11) is -3.45. The van der Waals surface area contributed by atoms with Gasteiger partial charge in [0.2, 0.25) is 10.0 Å². The number of nitrogens with zero attached hydrogens (tertiary/aromatic N) is 5. The Labute approximate surface area is 175 Å². The molecule has 4 heterocycles. The van der Waals surface area contributed by atoms with Crippen molar-refractivity contribution in [1.29, 1.82) is 0 Å². The molecule has 0 radical (unpaired) electrons. The minimum Gasteiger partial charge on any atom is -0.356 e. The highest BCUT2D eigenvalue weighted by Crippen LogP contribution is 2.35. The van der Waals surface area contributed by atoms with Crippen molar-refractivity contribution < 1.29 is 12.9 Å². The second-order valence-corrected chi connectivity index (χ2v) is 10.5. The predicted octanol–water partition coefficient (Wildman–Crippen LogP) is 2.64. The standard InChI is InChI=1S/C21H25N5O3S/c1-14(2)18-7-21(23-13-22-18)25-8-15-10-26(11-16(15)9-25)30(27,28)12-19-17-5-3-4-6-20(17)29-24-19/h3-7,13-16H,8-12H2,1-2H3. The van der Waals surface area contributed by atoms with E-state index < -0.39 is 10.0 Å². The summed E-state index contributed by atoms with van der Waals surface area (Å²) in [6, 6.07) is 9.41. The maximum atomic E-state index is 13.1. The van der Waals surface area contributed by atoms with Gasteiger partial charge in [-0.25, -0.2) is 22.7 Å². The van der Waals surface area contributed by atoms with Crippen LogP contribution in [0.5, 0.6) is 0 Å². The third kappa shape index (κ3) is 3.45. The molecular formula is C21H25N5O3S. The topological polar surface area (TPSA) is 92.4 Å². The largest absolute Gasteiger partial charge is 0.356 e. The molecule has 0 N–H and O–H groups in total. The van der Waals surface area contributed by atoms with E-state index in [1.54, 1.807) is 16.7 Å². The van der Waals surface area contributed by atoms with Gasteiger partial charge in [0.15, 0.2) is 5.58 Å². The lowest BCUT2D eigenvalue weighted by Crippen LogP contribution is -2.34. The summed E-state index contributed by atoms with van der Waals surface area (Å²) in [5.41, 5.74) is 2.12. The van der Waals surface area contributed by atoms with E-state index in [0.29, 0.717) is 42.1 Å². The lowest BCUT2D eigenvalue weighted by Gasteiger charge is -2.22. The summed E-state index contributed by atoms with van der Waals surface area (Å²) in [6.45, 7) is 6.95. The lowest BCUT2D eigenvalue weighted by atomic mass is 10.0. The van der Waals surface area contributed by atoms with Crippen molar-refractivity contribution in [3.05, 3.63) is 48.0 Å². The molecule has 2 aliphatic heterocycles. The van der Waals surface area contributed by atoms with E-state index in [4.69, 9.17) is 4.52 Å². The summed E-state index contributed by atoms with van der Waals surface area (Å²) < 4.78 is 33.0. The molecule has 158 valence electrons. The number of para-hydroxylation sites is 1. The Hall–Kier alpha value is -2.52. The highest BCUT2D eigenvalue weighted by atomic mass is 32.2. The molecule has 0 spiro atoms. The molecule has 0 amide bonds. The van der Waals surface area contributed by atoms with Gasteiger partial charge in [0.05, 0.1) is 0 Å². The van der Waals surface area contributed by atoms with Crippen LogP contribution in [0.15, 0.2) is 41.2 Å². The number of aromatic nitrogens is 3. The van der Waals surface area contributed by atoms with Crippen LogP contribution in [0.2, 0.25) is 0 Å². The first-order valence-corrected chi connectivity index (χ1v) is 11.9. The molecule has 2 unspecified atom stereocenters. The molecule has 1 aromatic carbocycles. The molecule has 2 saturated heterocycles. The average molecular weight is 428 g/mol. The van der Waals surface area contributed by atoms with Crippen molar-refractivity contribution in [2.24, 2.45) is 11.8 Å².